The van der Waals surface area contributed by atoms with Gasteiger partial charge < -0.3 is 15.4 Å². The minimum atomic E-state index is -0.443. The Morgan fingerprint density at radius 3 is 2.67 bits per heavy atom. The molecule has 39 heavy (non-hydrogen) atoms. The Labute approximate surface area is 224 Å². The van der Waals surface area contributed by atoms with Gasteiger partial charge in [-0.25, -0.2) is 19.0 Å². The Bertz CT molecular complexity index is 1620. The number of hydrogen-bond acceptors (Lipinski definition) is 7. The van der Waals surface area contributed by atoms with Crippen molar-refractivity contribution in [2.75, 3.05) is 18.8 Å². The van der Waals surface area contributed by atoms with Gasteiger partial charge in [-0.2, -0.15) is 10.4 Å². The number of halogens is 1. The molecule has 9 nitrogen and oxygen atoms in total. The van der Waals surface area contributed by atoms with Gasteiger partial charge in [-0.05, 0) is 68.0 Å². The van der Waals surface area contributed by atoms with E-state index in [0.717, 1.165) is 31.2 Å². The van der Waals surface area contributed by atoms with E-state index in [1.165, 1.54) is 12.4 Å². The number of ether oxygens (including phenoxy) is 1. The van der Waals surface area contributed by atoms with E-state index < -0.39 is 5.82 Å². The number of nitriles is 1. The van der Waals surface area contributed by atoms with Crippen molar-refractivity contribution in [3.8, 4) is 28.8 Å². The van der Waals surface area contributed by atoms with Crippen LogP contribution in [0.25, 0.3) is 22.3 Å². The quantitative estimate of drug-likeness (QED) is 0.278. The number of allylic oxidation sites excluding steroid dienone is 1. The van der Waals surface area contributed by atoms with Crippen molar-refractivity contribution in [2.45, 2.75) is 31.7 Å². The molecule has 196 valence electrons. The van der Waals surface area contributed by atoms with Crippen LogP contribution < -0.4 is 10.5 Å². The predicted molar refractivity (Wildman–Crippen MR) is 143 cm³/mol. The molecule has 0 radical (unpaired) electrons. The molecule has 2 aromatic heterocycles. The Balaban J connectivity index is 1.30. The van der Waals surface area contributed by atoms with Crippen molar-refractivity contribution in [3.63, 3.8) is 0 Å². The molecule has 1 atom stereocenters. The van der Waals surface area contributed by atoms with Gasteiger partial charge in [0.25, 0.3) is 5.91 Å². The molecule has 3 heterocycles. The van der Waals surface area contributed by atoms with Gasteiger partial charge in [0.2, 0.25) is 0 Å². The number of nitrogens with two attached hydrogens (primary N) is 1. The van der Waals surface area contributed by atoms with Crippen LogP contribution in [0.15, 0.2) is 66.5 Å². The van der Waals surface area contributed by atoms with E-state index in [1.807, 2.05) is 16.8 Å². The van der Waals surface area contributed by atoms with Gasteiger partial charge >= 0.3 is 0 Å². The average molecular weight is 524 g/mol. The molecule has 1 saturated heterocycles. The number of carbonyl (C=O) groups excluding carboxylic acids is 1. The molecule has 0 spiro atoms. The maximum atomic E-state index is 14.0. The number of hydrogen-bond donors (Lipinski definition) is 1. The fourth-order valence-electron chi connectivity index (χ4n) is 4.95. The lowest BCUT2D eigenvalue weighted by atomic mass is 10.0. The van der Waals surface area contributed by atoms with Crippen LogP contribution in [-0.2, 0) is 4.79 Å². The molecule has 1 saturated carbocycles. The summed E-state index contributed by atoms with van der Waals surface area (Å²) >= 11 is 0. The van der Waals surface area contributed by atoms with Gasteiger partial charge in [0, 0.05) is 18.7 Å². The van der Waals surface area contributed by atoms with Gasteiger partial charge in [-0.3, -0.25) is 4.79 Å². The molecule has 4 aromatic rings. The monoisotopic (exact) mass is 523 g/mol. The van der Waals surface area contributed by atoms with Crippen LogP contribution in [0.1, 0.15) is 31.7 Å². The molecular formula is C29H26FN7O2. The average Bonchev–Trinajstić information content (AvgIpc) is 3.70. The van der Waals surface area contributed by atoms with Crippen LogP contribution in [0.3, 0.4) is 0 Å². The fourth-order valence-corrected chi connectivity index (χ4v) is 4.95. The second-order valence-corrected chi connectivity index (χ2v) is 9.88. The number of para-hydroxylation sites is 1. The van der Waals surface area contributed by atoms with E-state index in [0.29, 0.717) is 47.3 Å². The van der Waals surface area contributed by atoms with E-state index >= 15 is 0 Å². The van der Waals surface area contributed by atoms with Crippen molar-refractivity contribution in [1.82, 2.24) is 24.6 Å². The van der Waals surface area contributed by atoms with Crippen molar-refractivity contribution in [2.24, 2.45) is 5.92 Å². The predicted octanol–water partition coefficient (Wildman–Crippen LogP) is 5.03. The number of likely N-dealkylation sites (tertiary alicyclic amines) is 1. The summed E-state index contributed by atoms with van der Waals surface area (Å²) in [5.74, 6) is 0.582. The third-order valence-corrected chi connectivity index (χ3v) is 7.12. The molecule has 1 aliphatic heterocycles. The van der Waals surface area contributed by atoms with E-state index in [-0.39, 0.29) is 23.3 Å². The van der Waals surface area contributed by atoms with Crippen LogP contribution in [0, 0.1) is 23.1 Å². The number of nitrogens with zero attached hydrogens (tertiary/aromatic N) is 6. The first-order valence-corrected chi connectivity index (χ1v) is 12.9. The van der Waals surface area contributed by atoms with E-state index in [2.05, 4.69) is 16.0 Å². The number of fused-ring (bicyclic) bond motifs is 1. The molecule has 2 aromatic carbocycles. The highest BCUT2D eigenvalue weighted by Gasteiger charge is 2.31. The van der Waals surface area contributed by atoms with Gasteiger partial charge in [0.15, 0.2) is 17.2 Å². The lowest BCUT2D eigenvalue weighted by Gasteiger charge is -2.32. The van der Waals surface area contributed by atoms with Crippen molar-refractivity contribution in [3.05, 3.63) is 72.3 Å². The number of amides is 1. The second-order valence-electron chi connectivity index (χ2n) is 9.88. The molecule has 1 amide bonds. The number of piperidine rings is 1. The minimum Gasteiger partial charge on any atom is -0.454 e. The van der Waals surface area contributed by atoms with Crippen LogP contribution >= 0.6 is 0 Å². The lowest BCUT2D eigenvalue weighted by molar-refractivity contribution is -0.128. The zero-order chi connectivity index (χ0) is 26.9. The summed E-state index contributed by atoms with van der Waals surface area (Å²) in [6, 6.07) is 15.3. The van der Waals surface area contributed by atoms with Crippen LogP contribution in [0.5, 0.6) is 11.5 Å². The highest BCUT2D eigenvalue weighted by atomic mass is 19.1. The number of benzene rings is 2. The highest BCUT2D eigenvalue weighted by molar-refractivity contribution is 5.99. The summed E-state index contributed by atoms with van der Waals surface area (Å²) < 4.78 is 21.5. The molecule has 2 fully saturated rings. The highest BCUT2D eigenvalue weighted by Crippen LogP contribution is 2.36. The van der Waals surface area contributed by atoms with Crippen LogP contribution in [0.2, 0.25) is 0 Å². The minimum absolute atomic E-state index is 0.139. The first-order valence-electron chi connectivity index (χ1n) is 12.9. The largest absolute Gasteiger partial charge is 0.454 e. The number of aromatic nitrogens is 4. The molecule has 2 aliphatic rings. The Hall–Kier alpha value is -4.78. The van der Waals surface area contributed by atoms with Crippen LogP contribution in [0.4, 0.5) is 10.2 Å². The second kappa shape index (κ2) is 10.2. The zero-order valence-corrected chi connectivity index (χ0v) is 21.1. The summed E-state index contributed by atoms with van der Waals surface area (Å²) in [5.41, 5.74) is 8.46. The lowest BCUT2D eigenvalue weighted by Crippen LogP contribution is -2.41. The maximum Gasteiger partial charge on any atom is 0.264 e. The summed E-state index contributed by atoms with van der Waals surface area (Å²) in [4.78, 5) is 23.5. The molecule has 0 unspecified atom stereocenters. The Morgan fingerprint density at radius 2 is 1.92 bits per heavy atom. The first-order chi connectivity index (χ1) is 19.0. The number of carbonyl (C=O) groups is 1. The van der Waals surface area contributed by atoms with E-state index in [4.69, 9.17) is 15.6 Å². The van der Waals surface area contributed by atoms with Crippen molar-refractivity contribution >= 4 is 22.8 Å². The summed E-state index contributed by atoms with van der Waals surface area (Å²) in [6.07, 6.45) is 6.84. The van der Waals surface area contributed by atoms with Gasteiger partial charge in [0.05, 0.1) is 11.4 Å². The Kier molecular flexibility index (Phi) is 6.40. The molecular weight excluding hydrogens is 497 g/mol. The first kappa shape index (κ1) is 24.6. The van der Waals surface area contributed by atoms with E-state index in [1.54, 1.807) is 41.3 Å². The van der Waals surface area contributed by atoms with Gasteiger partial charge in [-0.1, -0.05) is 18.2 Å². The normalized spacial score (nSPS) is 17.7. The van der Waals surface area contributed by atoms with E-state index in [9.17, 15) is 14.4 Å². The van der Waals surface area contributed by atoms with Crippen molar-refractivity contribution in [1.29, 1.82) is 5.26 Å². The molecule has 10 heteroatoms. The fraction of sp³-hybridized carbons (Fsp3) is 0.276. The Morgan fingerprint density at radius 1 is 1.13 bits per heavy atom. The number of nitrogen functional groups attached to an aromatic ring is 1. The topological polar surface area (TPSA) is 123 Å². The third-order valence-electron chi connectivity index (χ3n) is 7.12. The summed E-state index contributed by atoms with van der Waals surface area (Å²) in [5, 5.41) is 15.1. The third kappa shape index (κ3) is 4.91. The van der Waals surface area contributed by atoms with Gasteiger partial charge in [-0.15, -0.1) is 0 Å². The number of rotatable bonds is 6. The van der Waals surface area contributed by atoms with Crippen LogP contribution in [-0.4, -0.2) is 43.6 Å². The van der Waals surface area contributed by atoms with Crippen molar-refractivity contribution < 1.29 is 13.9 Å². The summed E-state index contributed by atoms with van der Waals surface area (Å²) in [7, 11) is 0. The standard InChI is InChI=1S/C29H26FN7O2/c30-23-5-1-2-6-24(23)39-22-11-9-19(10-12-22)26-25-27(32)33-17-34-28(25)37(35-26)21-4-3-13-36(16-21)29(38)20(15-31)14-18-7-8-18/h1-2,5-6,9-12,14,17-18,21H,3-4,7-8,13,16H2,(H2,32,33,34)/t21-/m1/s1. The molecule has 1 aliphatic carbocycles. The molecule has 2 N–H and O–H groups in total. The smallest absolute Gasteiger partial charge is 0.264 e. The molecule has 0 bridgehead atoms. The molecule has 6 rings (SSSR count). The zero-order valence-electron chi connectivity index (χ0n) is 21.1. The SMILES string of the molecule is N#CC(=CC1CC1)C(=O)N1CCC[C@@H](n2nc(-c3ccc(Oc4ccccc4F)cc3)c3c(N)ncnc32)C1. The van der Waals surface area contributed by atoms with Gasteiger partial charge in [0.1, 0.15) is 35.2 Å². The number of anilines is 1. The maximum absolute atomic E-state index is 14.0. The summed E-state index contributed by atoms with van der Waals surface area (Å²) in [6.45, 7) is 1.00.